The Morgan fingerprint density at radius 2 is 1.52 bits per heavy atom. The highest BCUT2D eigenvalue weighted by Gasteiger charge is 2.56. The molecule has 0 bridgehead atoms. The van der Waals surface area contributed by atoms with Crippen molar-refractivity contribution in [2.45, 2.75) is 25.9 Å². The van der Waals surface area contributed by atoms with Crippen LogP contribution in [0, 0.1) is 5.41 Å². The summed E-state index contributed by atoms with van der Waals surface area (Å²) in [7, 11) is 0. The number of nitrogens with one attached hydrogen (secondary N) is 2. The summed E-state index contributed by atoms with van der Waals surface area (Å²) < 4.78 is 0. The second-order valence-corrected chi connectivity index (χ2v) is 5.79. The first-order chi connectivity index (χ1) is 11.2. The first kappa shape index (κ1) is 15.2. The fourth-order valence-electron chi connectivity index (χ4n) is 2.48. The van der Waals surface area contributed by atoms with Gasteiger partial charge >= 0.3 is 0 Å². The van der Waals surface area contributed by atoms with Gasteiger partial charge in [-0.1, -0.05) is 36.4 Å². The molecular weight excluding hydrogens is 290 g/mol. The van der Waals surface area contributed by atoms with Crippen LogP contribution in [0.5, 0.6) is 0 Å². The Morgan fingerprint density at radius 3 is 2.09 bits per heavy atom. The third-order valence-electron chi connectivity index (χ3n) is 4.09. The summed E-state index contributed by atoms with van der Waals surface area (Å²) in [4.78, 5) is 28.7. The molecular formula is C18H19N3O2. The van der Waals surface area contributed by atoms with Gasteiger partial charge in [0, 0.05) is 25.5 Å². The normalized spacial score (nSPS) is 14.8. The van der Waals surface area contributed by atoms with Crippen LogP contribution in [0.25, 0.3) is 0 Å². The first-order valence-electron chi connectivity index (χ1n) is 7.70. The summed E-state index contributed by atoms with van der Waals surface area (Å²) in [6, 6.07) is 13.4. The summed E-state index contributed by atoms with van der Waals surface area (Å²) in [5.74, 6) is -0.392. The number of rotatable bonds is 6. The van der Waals surface area contributed by atoms with Crippen molar-refractivity contribution in [2.24, 2.45) is 5.41 Å². The van der Waals surface area contributed by atoms with Crippen molar-refractivity contribution in [3.63, 3.8) is 0 Å². The number of pyridine rings is 1. The Kier molecular flexibility index (Phi) is 4.37. The monoisotopic (exact) mass is 309 g/mol. The number of aromatic nitrogens is 1. The Bertz CT molecular complexity index is 624. The maximum absolute atomic E-state index is 12.4. The number of hydrogen-bond donors (Lipinski definition) is 2. The van der Waals surface area contributed by atoms with Gasteiger partial charge in [-0.2, -0.15) is 0 Å². The fourth-order valence-corrected chi connectivity index (χ4v) is 2.48. The predicted octanol–water partition coefficient (Wildman–Crippen LogP) is 1.79. The SMILES string of the molecule is O=C(NCc1ccccc1)C1(C(=O)NCc2cccnc2)CC1. The van der Waals surface area contributed by atoms with E-state index in [1.165, 1.54) is 0 Å². The van der Waals surface area contributed by atoms with Crippen LogP contribution in [-0.2, 0) is 22.7 Å². The van der Waals surface area contributed by atoms with E-state index in [4.69, 9.17) is 0 Å². The molecule has 1 fully saturated rings. The molecule has 0 radical (unpaired) electrons. The maximum atomic E-state index is 12.4. The lowest BCUT2D eigenvalue weighted by atomic mass is 10.0. The lowest BCUT2D eigenvalue weighted by Crippen LogP contribution is -2.42. The highest BCUT2D eigenvalue weighted by atomic mass is 16.2. The van der Waals surface area contributed by atoms with E-state index in [-0.39, 0.29) is 11.8 Å². The molecule has 5 nitrogen and oxygen atoms in total. The zero-order valence-corrected chi connectivity index (χ0v) is 12.8. The minimum atomic E-state index is -0.892. The standard InChI is InChI=1S/C18H19N3O2/c22-16(20-12-14-5-2-1-3-6-14)18(8-9-18)17(23)21-13-15-7-4-10-19-11-15/h1-7,10-11H,8-9,12-13H2,(H,20,22)(H,21,23). The minimum absolute atomic E-state index is 0.190. The zero-order chi connectivity index (χ0) is 16.1. The van der Waals surface area contributed by atoms with Gasteiger partial charge in [0.25, 0.3) is 0 Å². The van der Waals surface area contributed by atoms with Crippen LogP contribution >= 0.6 is 0 Å². The summed E-state index contributed by atoms with van der Waals surface area (Å²) in [6.45, 7) is 0.831. The molecule has 1 aliphatic carbocycles. The molecule has 3 rings (SSSR count). The van der Waals surface area contributed by atoms with E-state index in [2.05, 4.69) is 15.6 Å². The van der Waals surface area contributed by atoms with Crippen molar-refractivity contribution in [2.75, 3.05) is 0 Å². The van der Waals surface area contributed by atoms with Crippen LogP contribution in [0.15, 0.2) is 54.9 Å². The van der Waals surface area contributed by atoms with Gasteiger partial charge in [-0.05, 0) is 30.0 Å². The number of carbonyl (C=O) groups is 2. The fraction of sp³-hybridized carbons (Fsp3) is 0.278. The second-order valence-electron chi connectivity index (χ2n) is 5.79. The molecule has 2 N–H and O–H groups in total. The minimum Gasteiger partial charge on any atom is -0.351 e. The second kappa shape index (κ2) is 6.60. The van der Waals surface area contributed by atoms with Crippen molar-refractivity contribution in [3.05, 3.63) is 66.0 Å². The molecule has 2 aromatic rings. The Morgan fingerprint density at radius 1 is 0.913 bits per heavy atom. The van der Waals surface area contributed by atoms with Crippen molar-refractivity contribution in [3.8, 4) is 0 Å². The molecule has 1 aliphatic rings. The number of amides is 2. The van der Waals surface area contributed by atoms with Crippen LogP contribution in [0.2, 0.25) is 0 Å². The quantitative estimate of drug-likeness (QED) is 0.799. The number of benzene rings is 1. The number of carbonyl (C=O) groups excluding carboxylic acids is 2. The van der Waals surface area contributed by atoms with Crippen LogP contribution < -0.4 is 10.6 Å². The third kappa shape index (κ3) is 3.56. The average Bonchev–Trinajstić information content (AvgIpc) is 3.41. The summed E-state index contributed by atoms with van der Waals surface area (Å²) >= 11 is 0. The van der Waals surface area contributed by atoms with Crippen LogP contribution in [-0.4, -0.2) is 16.8 Å². The van der Waals surface area contributed by atoms with Crippen LogP contribution in [0.1, 0.15) is 24.0 Å². The summed E-state index contributed by atoms with van der Waals surface area (Å²) in [5, 5.41) is 5.71. The van der Waals surface area contributed by atoms with Crippen LogP contribution in [0.4, 0.5) is 0 Å². The topological polar surface area (TPSA) is 71.1 Å². The van der Waals surface area contributed by atoms with Crippen molar-refractivity contribution < 1.29 is 9.59 Å². The van der Waals surface area contributed by atoms with Gasteiger partial charge in [0.15, 0.2) is 0 Å². The molecule has 118 valence electrons. The molecule has 1 aromatic heterocycles. The smallest absolute Gasteiger partial charge is 0.235 e. The predicted molar refractivity (Wildman–Crippen MR) is 86.0 cm³/mol. The highest BCUT2D eigenvalue weighted by Crippen LogP contribution is 2.46. The average molecular weight is 309 g/mol. The molecule has 1 heterocycles. The highest BCUT2D eigenvalue weighted by molar-refractivity contribution is 6.07. The molecule has 1 saturated carbocycles. The van der Waals surface area contributed by atoms with E-state index >= 15 is 0 Å². The third-order valence-corrected chi connectivity index (χ3v) is 4.09. The summed E-state index contributed by atoms with van der Waals surface area (Å²) in [6.07, 6.45) is 4.60. The van der Waals surface area contributed by atoms with Gasteiger partial charge in [-0.15, -0.1) is 0 Å². The largest absolute Gasteiger partial charge is 0.351 e. The van der Waals surface area contributed by atoms with Crippen molar-refractivity contribution in [1.29, 1.82) is 0 Å². The maximum Gasteiger partial charge on any atom is 0.235 e. The van der Waals surface area contributed by atoms with Gasteiger partial charge in [0.1, 0.15) is 5.41 Å². The van der Waals surface area contributed by atoms with E-state index in [9.17, 15) is 9.59 Å². The van der Waals surface area contributed by atoms with Gasteiger partial charge in [0.2, 0.25) is 11.8 Å². The summed E-state index contributed by atoms with van der Waals surface area (Å²) in [5.41, 5.74) is 1.05. The van der Waals surface area contributed by atoms with E-state index in [1.807, 2.05) is 42.5 Å². The van der Waals surface area contributed by atoms with Gasteiger partial charge in [-0.3, -0.25) is 14.6 Å². The van der Waals surface area contributed by atoms with E-state index in [0.717, 1.165) is 11.1 Å². The molecule has 1 aromatic carbocycles. The number of nitrogens with zero attached hydrogens (tertiary/aromatic N) is 1. The molecule has 0 spiro atoms. The van der Waals surface area contributed by atoms with Crippen molar-refractivity contribution >= 4 is 11.8 Å². The Hall–Kier alpha value is -2.69. The lowest BCUT2D eigenvalue weighted by molar-refractivity contribution is -0.137. The lowest BCUT2D eigenvalue weighted by Gasteiger charge is -2.15. The Balaban J connectivity index is 1.53. The molecule has 0 saturated heterocycles. The molecule has 5 heteroatoms. The molecule has 0 unspecified atom stereocenters. The molecule has 2 amide bonds. The first-order valence-corrected chi connectivity index (χ1v) is 7.70. The van der Waals surface area contributed by atoms with E-state index in [1.54, 1.807) is 12.4 Å². The zero-order valence-electron chi connectivity index (χ0n) is 12.8. The van der Waals surface area contributed by atoms with Gasteiger partial charge in [0.05, 0.1) is 0 Å². The molecule has 23 heavy (non-hydrogen) atoms. The Labute approximate surface area is 135 Å². The van der Waals surface area contributed by atoms with Gasteiger partial charge in [-0.25, -0.2) is 0 Å². The number of hydrogen-bond acceptors (Lipinski definition) is 3. The molecule has 0 atom stereocenters. The molecule has 0 aliphatic heterocycles. The van der Waals surface area contributed by atoms with E-state index < -0.39 is 5.41 Å². The van der Waals surface area contributed by atoms with Crippen LogP contribution in [0.3, 0.4) is 0 Å². The van der Waals surface area contributed by atoms with Crippen molar-refractivity contribution in [1.82, 2.24) is 15.6 Å². The van der Waals surface area contributed by atoms with E-state index in [0.29, 0.717) is 25.9 Å². The van der Waals surface area contributed by atoms with Gasteiger partial charge < -0.3 is 10.6 Å².